The number of benzene rings is 2. The molecule has 2 aromatic rings. The van der Waals surface area contributed by atoms with Gasteiger partial charge >= 0.3 is 5.97 Å². The molecule has 8 nitrogen and oxygen atoms in total. The average molecular weight is 449 g/mol. The normalized spacial score (nSPS) is 18.0. The van der Waals surface area contributed by atoms with Gasteiger partial charge < -0.3 is 15.4 Å². The van der Waals surface area contributed by atoms with E-state index in [0.717, 1.165) is 25.7 Å². The Hall–Kier alpha value is -3.68. The molecule has 2 aromatic carbocycles. The molecule has 2 amide bonds. The molecule has 0 aromatic heterocycles. The topological polar surface area (TPSA) is 100 Å². The molecule has 2 N–H and O–H groups in total. The van der Waals surface area contributed by atoms with E-state index in [1.165, 1.54) is 0 Å². The standard InChI is InChI=1S/C25H28N4O4/c1-2-33-25(32)21-16-22(29(28-21)20-10-4-3-5-11-20)24(31)27-19-14-12-17(13-15-19)23(30)26-18-8-6-7-9-18/h3-5,10-15,18,22H,2,6-9,16H2,1H3,(H,26,30)(H,27,31). The second-order valence-electron chi connectivity index (χ2n) is 8.19. The van der Waals surface area contributed by atoms with E-state index in [1.807, 2.05) is 30.3 Å². The number of nitrogens with zero attached hydrogens (tertiary/aromatic N) is 2. The molecule has 0 saturated heterocycles. The third-order valence-electron chi connectivity index (χ3n) is 5.85. The Balaban J connectivity index is 1.44. The van der Waals surface area contributed by atoms with Gasteiger partial charge in [-0.3, -0.25) is 14.6 Å². The van der Waals surface area contributed by atoms with Crippen LogP contribution in [0.1, 0.15) is 49.4 Å². The fraction of sp³-hybridized carbons (Fsp3) is 0.360. The van der Waals surface area contributed by atoms with Crippen molar-refractivity contribution in [3.8, 4) is 0 Å². The van der Waals surface area contributed by atoms with Crippen molar-refractivity contribution in [2.75, 3.05) is 16.9 Å². The Morgan fingerprint density at radius 3 is 2.39 bits per heavy atom. The number of carbonyl (C=O) groups is 3. The molecule has 1 fully saturated rings. The number of nitrogens with one attached hydrogen (secondary N) is 2. The summed E-state index contributed by atoms with van der Waals surface area (Å²) >= 11 is 0. The highest BCUT2D eigenvalue weighted by atomic mass is 16.5. The first-order valence-electron chi connectivity index (χ1n) is 11.4. The molecular weight excluding hydrogens is 420 g/mol. The van der Waals surface area contributed by atoms with Crippen LogP contribution in [-0.2, 0) is 14.3 Å². The van der Waals surface area contributed by atoms with Crippen molar-refractivity contribution < 1.29 is 19.1 Å². The monoisotopic (exact) mass is 448 g/mol. The van der Waals surface area contributed by atoms with Gasteiger partial charge in [0.2, 0.25) is 5.91 Å². The van der Waals surface area contributed by atoms with Crippen LogP contribution in [0.15, 0.2) is 59.7 Å². The number of amides is 2. The van der Waals surface area contributed by atoms with E-state index in [-0.39, 0.29) is 36.6 Å². The van der Waals surface area contributed by atoms with Crippen molar-refractivity contribution in [1.82, 2.24) is 5.32 Å². The van der Waals surface area contributed by atoms with Crippen LogP contribution >= 0.6 is 0 Å². The summed E-state index contributed by atoms with van der Waals surface area (Å²) in [7, 11) is 0. The second kappa shape index (κ2) is 10.3. The maximum atomic E-state index is 13.1. The fourth-order valence-electron chi connectivity index (χ4n) is 4.14. The van der Waals surface area contributed by atoms with Crippen LogP contribution in [0.25, 0.3) is 0 Å². The van der Waals surface area contributed by atoms with E-state index in [2.05, 4.69) is 15.7 Å². The van der Waals surface area contributed by atoms with Gasteiger partial charge in [-0.1, -0.05) is 31.0 Å². The van der Waals surface area contributed by atoms with Gasteiger partial charge in [0, 0.05) is 23.7 Å². The summed E-state index contributed by atoms with van der Waals surface area (Å²) in [6.45, 7) is 1.96. The van der Waals surface area contributed by atoms with Crippen LogP contribution in [0.5, 0.6) is 0 Å². The lowest BCUT2D eigenvalue weighted by atomic mass is 10.1. The lowest BCUT2D eigenvalue weighted by Crippen LogP contribution is -2.38. The summed E-state index contributed by atoms with van der Waals surface area (Å²) < 4.78 is 5.07. The Bertz CT molecular complexity index is 1030. The molecule has 1 aliphatic heterocycles. The van der Waals surface area contributed by atoms with E-state index in [4.69, 9.17) is 4.74 Å². The molecule has 0 bridgehead atoms. The zero-order valence-corrected chi connectivity index (χ0v) is 18.6. The molecule has 8 heteroatoms. The molecule has 1 aliphatic carbocycles. The summed E-state index contributed by atoms with van der Waals surface area (Å²) in [4.78, 5) is 37.8. The lowest BCUT2D eigenvalue weighted by Gasteiger charge is -2.22. The van der Waals surface area contributed by atoms with Gasteiger partial charge in [0.05, 0.1) is 12.3 Å². The smallest absolute Gasteiger partial charge is 0.354 e. The molecular formula is C25H28N4O4. The SMILES string of the molecule is CCOC(=O)C1=NN(c2ccccc2)C(C(=O)Nc2ccc(C(=O)NC3CCCC3)cc2)C1. The Morgan fingerprint density at radius 1 is 1.03 bits per heavy atom. The summed E-state index contributed by atoms with van der Waals surface area (Å²) in [5.41, 5.74) is 2.03. The molecule has 2 aliphatic rings. The maximum absolute atomic E-state index is 13.1. The van der Waals surface area contributed by atoms with E-state index < -0.39 is 12.0 Å². The van der Waals surface area contributed by atoms with Crippen LogP contribution in [0.4, 0.5) is 11.4 Å². The Morgan fingerprint density at radius 2 is 1.73 bits per heavy atom. The van der Waals surface area contributed by atoms with E-state index in [9.17, 15) is 14.4 Å². The summed E-state index contributed by atoms with van der Waals surface area (Å²) in [6.07, 6.45) is 4.49. The van der Waals surface area contributed by atoms with Crippen molar-refractivity contribution >= 4 is 34.9 Å². The zero-order chi connectivity index (χ0) is 23.2. The van der Waals surface area contributed by atoms with Gasteiger partial charge in [0.25, 0.3) is 5.91 Å². The number of esters is 1. The van der Waals surface area contributed by atoms with E-state index in [1.54, 1.807) is 36.2 Å². The molecule has 1 saturated carbocycles. The van der Waals surface area contributed by atoms with E-state index in [0.29, 0.717) is 16.9 Å². The number of ether oxygens (including phenoxy) is 1. The minimum absolute atomic E-state index is 0.0988. The molecule has 1 atom stereocenters. The van der Waals surface area contributed by atoms with Gasteiger partial charge in [-0.25, -0.2) is 4.79 Å². The Kier molecular flexibility index (Phi) is 7.02. The third-order valence-corrected chi connectivity index (χ3v) is 5.85. The minimum atomic E-state index is -0.697. The largest absolute Gasteiger partial charge is 0.461 e. The number of anilines is 2. The molecule has 33 heavy (non-hydrogen) atoms. The first-order chi connectivity index (χ1) is 16.0. The van der Waals surface area contributed by atoms with Crippen molar-refractivity contribution in [1.29, 1.82) is 0 Å². The van der Waals surface area contributed by atoms with Crippen LogP contribution < -0.4 is 15.6 Å². The van der Waals surface area contributed by atoms with Crippen LogP contribution in [-0.4, -0.2) is 42.2 Å². The number of carbonyl (C=O) groups excluding carboxylic acids is 3. The first-order valence-corrected chi connectivity index (χ1v) is 11.4. The van der Waals surface area contributed by atoms with Gasteiger partial charge in [-0.05, 0) is 56.2 Å². The summed E-state index contributed by atoms with van der Waals surface area (Å²) in [6, 6.07) is 15.6. The number of hydrazone groups is 1. The number of rotatable bonds is 7. The highest BCUT2D eigenvalue weighted by molar-refractivity contribution is 6.38. The predicted octanol–water partition coefficient (Wildman–Crippen LogP) is 3.50. The molecule has 0 radical (unpaired) electrons. The predicted molar refractivity (Wildman–Crippen MR) is 126 cm³/mol. The first kappa shape index (κ1) is 22.5. The molecule has 172 valence electrons. The average Bonchev–Trinajstić information content (AvgIpc) is 3.50. The lowest BCUT2D eigenvalue weighted by molar-refractivity contribution is -0.135. The highest BCUT2D eigenvalue weighted by Gasteiger charge is 2.36. The summed E-state index contributed by atoms with van der Waals surface area (Å²) in [5, 5.41) is 11.8. The fourth-order valence-corrected chi connectivity index (χ4v) is 4.14. The van der Waals surface area contributed by atoms with Crippen LogP contribution in [0, 0.1) is 0 Å². The van der Waals surface area contributed by atoms with Crippen molar-refractivity contribution in [3.05, 3.63) is 60.2 Å². The van der Waals surface area contributed by atoms with Crippen molar-refractivity contribution in [3.63, 3.8) is 0 Å². The summed E-state index contributed by atoms with van der Waals surface area (Å²) in [5.74, 6) is -0.922. The minimum Gasteiger partial charge on any atom is -0.461 e. The number of hydrogen-bond donors (Lipinski definition) is 2. The molecule has 1 unspecified atom stereocenters. The Labute approximate surface area is 193 Å². The van der Waals surface area contributed by atoms with Crippen LogP contribution in [0.2, 0.25) is 0 Å². The van der Waals surface area contributed by atoms with Crippen molar-refractivity contribution in [2.24, 2.45) is 5.10 Å². The molecule has 1 heterocycles. The van der Waals surface area contributed by atoms with Gasteiger partial charge in [-0.2, -0.15) is 5.10 Å². The highest BCUT2D eigenvalue weighted by Crippen LogP contribution is 2.26. The second-order valence-corrected chi connectivity index (χ2v) is 8.19. The third kappa shape index (κ3) is 5.39. The number of para-hydroxylation sites is 1. The molecule has 0 spiro atoms. The van der Waals surface area contributed by atoms with Gasteiger partial charge in [0.1, 0.15) is 11.8 Å². The molecule has 4 rings (SSSR count). The number of hydrogen-bond acceptors (Lipinski definition) is 6. The van der Waals surface area contributed by atoms with Crippen molar-refractivity contribution in [2.45, 2.75) is 51.1 Å². The maximum Gasteiger partial charge on any atom is 0.354 e. The van der Waals surface area contributed by atoms with Gasteiger partial charge in [0.15, 0.2) is 0 Å². The van der Waals surface area contributed by atoms with Gasteiger partial charge in [-0.15, -0.1) is 0 Å². The zero-order valence-electron chi connectivity index (χ0n) is 18.6. The quantitative estimate of drug-likeness (QED) is 0.632. The van der Waals surface area contributed by atoms with Crippen LogP contribution in [0.3, 0.4) is 0 Å². The van der Waals surface area contributed by atoms with E-state index >= 15 is 0 Å².